The summed E-state index contributed by atoms with van der Waals surface area (Å²) in [6.07, 6.45) is 0.0539. The van der Waals surface area contributed by atoms with Crippen molar-refractivity contribution < 1.29 is 23.9 Å². The fraction of sp³-hybridized carbons (Fsp3) is 0.286. The molecular formula is C21H21BrN2O5. The lowest BCUT2D eigenvalue weighted by Gasteiger charge is -2.17. The lowest BCUT2D eigenvalue weighted by atomic mass is 10.1. The van der Waals surface area contributed by atoms with Crippen molar-refractivity contribution in [2.24, 2.45) is 5.92 Å². The molecule has 0 bridgehead atoms. The van der Waals surface area contributed by atoms with Gasteiger partial charge < -0.3 is 19.7 Å². The summed E-state index contributed by atoms with van der Waals surface area (Å²) >= 11 is 3.36. The Labute approximate surface area is 177 Å². The average Bonchev–Trinajstić information content (AvgIpc) is 3.10. The second-order valence-electron chi connectivity index (χ2n) is 6.72. The third-order valence-corrected chi connectivity index (χ3v) is 5.14. The molecule has 2 aromatic carbocycles. The molecule has 7 nitrogen and oxygen atoms in total. The van der Waals surface area contributed by atoms with E-state index in [1.54, 1.807) is 37.4 Å². The number of nitrogens with one attached hydrogen (secondary N) is 1. The van der Waals surface area contributed by atoms with E-state index in [4.69, 9.17) is 9.47 Å². The highest BCUT2D eigenvalue weighted by molar-refractivity contribution is 9.10. The van der Waals surface area contributed by atoms with E-state index in [0.29, 0.717) is 17.1 Å². The number of amides is 2. The standard InChI is InChI=1S/C21H21BrN2O5/c1-13-9-15(22)3-8-18(13)23-19(25)12-29-21(27)14-10-20(26)24(11-14)16-4-6-17(28-2)7-5-16/h3-9,14H,10-12H2,1-2H3,(H,23,25). The minimum atomic E-state index is -0.605. The van der Waals surface area contributed by atoms with E-state index < -0.39 is 24.4 Å². The van der Waals surface area contributed by atoms with Crippen LogP contribution in [0.2, 0.25) is 0 Å². The second-order valence-corrected chi connectivity index (χ2v) is 7.63. The van der Waals surface area contributed by atoms with Crippen LogP contribution in [-0.2, 0) is 19.1 Å². The van der Waals surface area contributed by atoms with Gasteiger partial charge in [-0.05, 0) is 55.0 Å². The highest BCUT2D eigenvalue weighted by Gasteiger charge is 2.36. The first-order valence-corrected chi connectivity index (χ1v) is 9.83. The third kappa shape index (κ3) is 5.14. The number of rotatable bonds is 6. The van der Waals surface area contributed by atoms with E-state index in [-0.39, 0.29) is 18.9 Å². The highest BCUT2D eigenvalue weighted by atomic mass is 79.9. The SMILES string of the molecule is COc1ccc(N2CC(C(=O)OCC(=O)Nc3ccc(Br)cc3C)CC2=O)cc1. The molecule has 1 N–H and O–H groups in total. The van der Waals surface area contributed by atoms with Crippen LogP contribution in [0.25, 0.3) is 0 Å². The fourth-order valence-electron chi connectivity index (χ4n) is 3.09. The van der Waals surface area contributed by atoms with Crippen molar-refractivity contribution in [1.82, 2.24) is 0 Å². The number of ether oxygens (including phenoxy) is 2. The van der Waals surface area contributed by atoms with E-state index in [0.717, 1.165) is 10.0 Å². The second kappa shape index (κ2) is 9.09. The van der Waals surface area contributed by atoms with Crippen LogP contribution in [0, 0.1) is 12.8 Å². The molecule has 0 spiro atoms. The minimum absolute atomic E-state index is 0.0539. The van der Waals surface area contributed by atoms with E-state index in [9.17, 15) is 14.4 Å². The van der Waals surface area contributed by atoms with Crippen molar-refractivity contribution in [2.75, 3.05) is 30.5 Å². The van der Waals surface area contributed by atoms with Crippen molar-refractivity contribution in [1.29, 1.82) is 0 Å². The quantitative estimate of drug-likeness (QED) is 0.668. The number of carbonyl (C=O) groups excluding carboxylic acids is 3. The van der Waals surface area contributed by atoms with Crippen molar-refractivity contribution in [2.45, 2.75) is 13.3 Å². The molecule has 8 heteroatoms. The highest BCUT2D eigenvalue weighted by Crippen LogP contribution is 2.27. The first kappa shape index (κ1) is 20.9. The zero-order chi connectivity index (χ0) is 21.0. The number of anilines is 2. The number of hydrogen-bond donors (Lipinski definition) is 1. The maximum absolute atomic E-state index is 12.3. The van der Waals surface area contributed by atoms with Crippen LogP contribution in [0.3, 0.4) is 0 Å². The van der Waals surface area contributed by atoms with Crippen molar-refractivity contribution in [3.05, 3.63) is 52.5 Å². The predicted molar refractivity (Wildman–Crippen MR) is 112 cm³/mol. The number of benzene rings is 2. The summed E-state index contributed by atoms with van der Waals surface area (Å²) in [5.41, 5.74) is 2.22. The van der Waals surface area contributed by atoms with Crippen molar-refractivity contribution in [3.8, 4) is 5.75 Å². The summed E-state index contributed by atoms with van der Waals surface area (Å²) in [6, 6.07) is 12.5. The molecule has 1 unspecified atom stereocenters. The van der Waals surface area contributed by atoms with Crippen LogP contribution in [0.5, 0.6) is 5.75 Å². The fourth-order valence-corrected chi connectivity index (χ4v) is 3.56. The predicted octanol–water partition coefficient (Wildman–Crippen LogP) is 3.30. The monoisotopic (exact) mass is 460 g/mol. The molecule has 1 atom stereocenters. The van der Waals surface area contributed by atoms with Crippen molar-refractivity contribution >= 4 is 45.1 Å². The van der Waals surface area contributed by atoms with Crippen LogP contribution in [-0.4, -0.2) is 38.0 Å². The summed E-state index contributed by atoms with van der Waals surface area (Å²) in [6.45, 7) is 1.68. The summed E-state index contributed by atoms with van der Waals surface area (Å²) in [4.78, 5) is 38.3. The number of halogens is 1. The van der Waals surface area contributed by atoms with Gasteiger partial charge in [-0.2, -0.15) is 0 Å². The number of nitrogens with zero attached hydrogens (tertiary/aromatic N) is 1. The third-order valence-electron chi connectivity index (χ3n) is 4.65. The first-order chi connectivity index (χ1) is 13.9. The van der Waals surface area contributed by atoms with E-state index in [2.05, 4.69) is 21.2 Å². The van der Waals surface area contributed by atoms with Gasteiger partial charge in [-0.25, -0.2) is 0 Å². The van der Waals surface area contributed by atoms with Gasteiger partial charge in [0.1, 0.15) is 5.75 Å². The largest absolute Gasteiger partial charge is 0.497 e. The van der Waals surface area contributed by atoms with Crippen molar-refractivity contribution in [3.63, 3.8) is 0 Å². The Hall–Kier alpha value is -2.87. The van der Waals surface area contributed by atoms with Gasteiger partial charge in [-0.3, -0.25) is 14.4 Å². The maximum Gasteiger partial charge on any atom is 0.311 e. The molecule has 0 saturated carbocycles. The van der Waals surface area contributed by atoms with Gasteiger partial charge in [0.25, 0.3) is 5.91 Å². The van der Waals surface area contributed by atoms with Crippen LogP contribution < -0.4 is 15.0 Å². The first-order valence-electron chi connectivity index (χ1n) is 9.04. The molecule has 152 valence electrons. The zero-order valence-electron chi connectivity index (χ0n) is 16.1. The van der Waals surface area contributed by atoms with E-state index in [1.807, 2.05) is 19.1 Å². The topological polar surface area (TPSA) is 84.9 Å². The Kier molecular flexibility index (Phi) is 6.53. The van der Waals surface area contributed by atoms with Gasteiger partial charge >= 0.3 is 5.97 Å². The Balaban J connectivity index is 1.52. The summed E-state index contributed by atoms with van der Waals surface area (Å²) < 4.78 is 11.2. The molecule has 0 radical (unpaired) electrons. The Morgan fingerprint density at radius 1 is 1.21 bits per heavy atom. The van der Waals surface area contributed by atoms with Crippen LogP contribution >= 0.6 is 15.9 Å². The molecule has 1 saturated heterocycles. The van der Waals surface area contributed by atoms with Crippen LogP contribution in [0.4, 0.5) is 11.4 Å². The Morgan fingerprint density at radius 2 is 1.93 bits per heavy atom. The molecule has 1 heterocycles. The van der Waals surface area contributed by atoms with Gasteiger partial charge in [0.05, 0.1) is 13.0 Å². The number of aryl methyl sites for hydroxylation is 1. The molecule has 0 aromatic heterocycles. The van der Waals surface area contributed by atoms with Gasteiger partial charge in [-0.1, -0.05) is 15.9 Å². The van der Waals surface area contributed by atoms with E-state index in [1.165, 1.54) is 4.90 Å². The number of carbonyl (C=O) groups is 3. The zero-order valence-corrected chi connectivity index (χ0v) is 17.7. The van der Waals surface area contributed by atoms with Crippen LogP contribution in [0.15, 0.2) is 46.9 Å². The number of hydrogen-bond acceptors (Lipinski definition) is 5. The molecule has 1 aliphatic rings. The smallest absolute Gasteiger partial charge is 0.311 e. The number of methoxy groups -OCH3 is 1. The molecular weight excluding hydrogens is 440 g/mol. The van der Waals surface area contributed by atoms with Gasteiger partial charge in [0, 0.05) is 28.8 Å². The Morgan fingerprint density at radius 3 is 2.59 bits per heavy atom. The van der Waals surface area contributed by atoms with Gasteiger partial charge in [0.2, 0.25) is 5.91 Å². The molecule has 1 fully saturated rings. The Bertz CT molecular complexity index is 929. The normalized spacial score (nSPS) is 15.9. The summed E-state index contributed by atoms with van der Waals surface area (Å²) in [5.74, 6) is -1.07. The summed E-state index contributed by atoms with van der Waals surface area (Å²) in [5, 5.41) is 2.71. The summed E-state index contributed by atoms with van der Waals surface area (Å²) in [7, 11) is 1.57. The van der Waals surface area contributed by atoms with E-state index >= 15 is 0 Å². The van der Waals surface area contributed by atoms with Gasteiger partial charge in [0.15, 0.2) is 6.61 Å². The van der Waals surface area contributed by atoms with Crippen LogP contribution in [0.1, 0.15) is 12.0 Å². The lowest BCUT2D eigenvalue weighted by Crippen LogP contribution is -2.28. The average molecular weight is 461 g/mol. The maximum atomic E-state index is 12.3. The number of esters is 1. The van der Waals surface area contributed by atoms with Gasteiger partial charge in [-0.15, -0.1) is 0 Å². The lowest BCUT2D eigenvalue weighted by molar-refractivity contribution is -0.151. The molecule has 0 aliphatic carbocycles. The minimum Gasteiger partial charge on any atom is -0.497 e. The molecule has 2 amide bonds. The molecule has 2 aromatic rings. The molecule has 29 heavy (non-hydrogen) atoms. The molecule has 1 aliphatic heterocycles. The molecule has 3 rings (SSSR count).